The summed E-state index contributed by atoms with van der Waals surface area (Å²) in [5, 5.41) is 2.37. The lowest BCUT2D eigenvalue weighted by Crippen LogP contribution is -2.14. The van der Waals surface area contributed by atoms with Crippen LogP contribution in [0.1, 0.15) is 20.8 Å². The molecule has 3 rings (SSSR count). The molecule has 4 nitrogen and oxygen atoms in total. The average Bonchev–Trinajstić information content (AvgIpc) is 3.10. The Labute approximate surface area is 151 Å². The van der Waals surface area contributed by atoms with Gasteiger partial charge < -0.3 is 4.74 Å². The second kappa shape index (κ2) is 7.51. The van der Waals surface area contributed by atoms with Crippen LogP contribution in [0.3, 0.4) is 0 Å². The van der Waals surface area contributed by atoms with Crippen LogP contribution in [0.15, 0.2) is 64.5 Å². The minimum Gasteiger partial charge on any atom is -0.453 e. The highest BCUT2D eigenvalue weighted by molar-refractivity contribution is 9.10. The van der Waals surface area contributed by atoms with Crippen LogP contribution in [-0.4, -0.2) is 23.3 Å². The normalized spacial score (nSPS) is 10.4. The summed E-state index contributed by atoms with van der Waals surface area (Å²) in [5.41, 5.74) is 1.63. The second-order valence-electron chi connectivity index (χ2n) is 4.91. The Bertz CT molecular complexity index is 877. The first-order valence-corrected chi connectivity index (χ1v) is 8.77. The predicted octanol–water partition coefficient (Wildman–Crippen LogP) is 4.61. The third-order valence-electron chi connectivity index (χ3n) is 3.22. The van der Waals surface area contributed by atoms with Crippen molar-refractivity contribution in [1.29, 1.82) is 0 Å². The van der Waals surface area contributed by atoms with Gasteiger partial charge in [-0.3, -0.25) is 4.79 Å². The van der Waals surface area contributed by atoms with Crippen molar-refractivity contribution in [2.75, 3.05) is 6.61 Å². The predicted molar refractivity (Wildman–Crippen MR) is 96.3 cm³/mol. The van der Waals surface area contributed by atoms with Gasteiger partial charge in [0.1, 0.15) is 5.01 Å². The summed E-state index contributed by atoms with van der Waals surface area (Å²) in [4.78, 5) is 28.4. The lowest BCUT2D eigenvalue weighted by molar-refractivity contribution is 0.0470. The first-order chi connectivity index (χ1) is 11.6. The highest BCUT2D eigenvalue weighted by Crippen LogP contribution is 2.23. The van der Waals surface area contributed by atoms with Crippen LogP contribution in [0, 0.1) is 0 Å². The van der Waals surface area contributed by atoms with Gasteiger partial charge in [0.05, 0.1) is 0 Å². The van der Waals surface area contributed by atoms with E-state index in [0.29, 0.717) is 5.56 Å². The Morgan fingerprint density at radius 1 is 1.08 bits per heavy atom. The first-order valence-electron chi connectivity index (χ1n) is 7.10. The quantitative estimate of drug-likeness (QED) is 0.462. The number of carbonyl (C=O) groups is 2. The van der Waals surface area contributed by atoms with Crippen molar-refractivity contribution in [2.45, 2.75) is 0 Å². The van der Waals surface area contributed by atoms with E-state index in [9.17, 15) is 9.59 Å². The number of benzene rings is 2. The van der Waals surface area contributed by atoms with E-state index in [4.69, 9.17) is 4.74 Å². The molecule has 24 heavy (non-hydrogen) atoms. The lowest BCUT2D eigenvalue weighted by Gasteiger charge is -2.03. The van der Waals surface area contributed by atoms with Gasteiger partial charge in [-0.25, -0.2) is 9.78 Å². The number of thiazole rings is 1. The highest BCUT2D eigenvalue weighted by atomic mass is 79.9. The van der Waals surface area contributed by atoms with Crippen LogP contribution < -0.4 is 0 Å². The third-order valence-corrected chi connectivity index (χ3v) is 4.60. The van der Waals surface area contributed by atoms with Gasteiger partial charge >= 0.3 is 5.97 Å². The summed E-state index contributed by atoms with van der Waals surface area (Å²) in [6.07, 6.45) is 0. The number of esters is 1. The molecule has 0 spiro atoms. The van der Waals surface area contributed by atoms with Gasteiger partial charge in [-0.15, -0.1) is 11.3 Å². The van der Waals surface area contributed by atoms with Crippen molar-refractivity contribution in [2.24, 2.45) is 0 Å². The Kier molecular flexibility index (Phi) is 5.17. The molecule has 0 amide bonds. The van der Waals surface area contributed by atoms with Gasteiger partial charge in [-0.2, -0.15) is 0 Å². The molecule has 0 bridgehead atoms. The number of hydrogen-bond donors (Lipinski definition) is 0. The highest BCUT2D eigenvalue weighted by Gasteiger charge is 2.15. The topological polar surface area (TPSA) is 56.3 Å². The smallest absolute Gasteiger partial charge is 0.358 e. The van der Waals surface area contributed by atoms with Gasteiger partial charge in [-0.05, 0) is 12.1 Å². The number of nitrogens with zero attached hydrogens (tertiary/aromatic N) is 1. The fourth-order valence-corrected chi connectivity index (χ4v) is 3.23. The van der Waals surface area contributed by atoms with Gasteiger partial charge in [0.2, 0.25) is 0 Å². The SMILES string of the molecule is O=C(COC(=O)c1csc(-c2ccccc2)n1)c1cccc(Br)c1. The van der Waals surface area contributed by atoms with E-state index in [1.807, 2.05) is 36.4 Å². The molecule has 3 aromatic rings. The molecule has 120 valence electrons. The number of carbonyl (C=O) groups excluding carboxylic acids is 2. The number of rotatable bonds is 5. The molecule has 0 aliphatic carbocycles. The third kappa shape index (κ3) is 3.96. The average molecular weight is 402 g/mol. The summed E-state index contributed by atoms with van der Waals surface area (Å²) < 4.78 is 5.87. The molecule has 0 fully saturated rings. The van der Waals surface area contributed by atoms with Crippen LogP contribution in [0.4, 0.5) is 0 Å². The molecule has 1 aromatic heterocycles. The number of halogens is 1. The second-order valence-corrected chi connectivity index (χ2v) is 6.69. The Hall–Kier alpha value is -2.31. The molecule has 0 saturated heterocycles. The van der Waals surface area contributed by atoms with Gasteiger partial charge in [0, 0.05) is 21.0 Å². The van der Waals surface area contributed by atoms with E-state index in [2.05, 4.69) is 20.9 Å². The van der Waals surface area contributed by atoms with Gasteiger partial charge in [-0.1, -0.05) is 58.4 Å². The summed E-state index contributed by atoms with van der Waals surface area (Å²) in [6.45, 7) is -0.312. The van der Waals surface area contributed by atoms with E-state index >= 15 is 0 Å². The number of Topliss-reactive ketones (excluding diaryl/α,β-unsaturated/α-hetero) is 1. The number of ether oxygens (including phenoxy) is 1. The van der Waals surface area contributed by atoms with Crippen molar-refractivity contribution in [3.05, 3.63) is 75.7 Å². The van der Waals surface area contributed by atoms with Gasteiger partial charge in [0.15, 0.2) is 18.1 Å². The lowest BCUT2D eigenvalue weighted by atomic mass is 10.1. The monoisotopic (exact) mass is 401 g/mol. The molecule has 0 atom stereocenters. The van der Waals surface area contributed by atoms with Crippen LogP contribution in [0.5, 0.6) is 0 Å². The van der Waals surface area contributed by atoms with E-state index in [1.165, 1.54) is 11.3 Å². The Balaban J connectivity index is 1.63. The van der Waals surface area contributed by atoms with E-state index < -0.39 is 5.97 Å². The van der Waals surface area contributed by atoms with Crippen LogP contribution in [0.2, 0.25) is 0 Å². The standard InChI is InChI=1S/C18H12BrNO3S/c19-14-8-4-7-13(9-14)16(21)10-23-18(22)15-11-24-17(20-15)12-5-2-1-3-6-12/h1-9,11H,10H2. The molecule has 0 unspecified atom stereocenters. The van der Waals surface area contributed by atoms with Crippen molar-refractivity contribution in [3.8, 4) is 10.6 Å². The van der Waals surface area contributed by atoms with Crippen molar-refractivity contribution >= 4 is 39.0 Å². The summed E-state index contributed by atoms with van der Waals surface area (Å²) in [7, 11) is 0. The molecular weight excluding hydrogens is 390 g/mol. The maximum Gasteiger partial charge on any atom is 0.358 e. The number of aromatic nitrogens is 1. The van der Waals surface area contributed by atoms with Crippen molar-refractivity contribution in [1.82, 2.24) is 4.98 Å². The molecule has 6 heteroatoms. The number of hydrogen-bond acceptors (Lipinski definition) is 5. The van der Waals surface area contributed by atoms with Crippen molar-refractivity contribution < 1.29 is 14.3 Å². The first kappa shape index (κ1) is 16.5. The maximum absolute atomic E-state index is 12.1. The fourth-order valence-electron chi connectivity index (χ4n) is 2.03. The van der Waals surface area contributed by atoms with Crippen molar-refractivity contribution in [3.63, 3.8) is 0 Å². The minimum atomic E-state index is -0.600. The molecule has 1 heterocycles. The zero-order chi connectivity index (χ0) is 16.9. The molecule has 2 aromatic carbocycles. The van der Waals surface area contributed by atoms with Gasteiger partial charge in [0.25, 0.3) is 0 Å². The minimum absolute atomic E-state index is 0.209. The van der Waals surface area contributed by atoms with Crippen LogP contribution in [-0.2, 0) is 4.74 Å². The maximum atomic E-state index is 12.1. The van der Waals surface area contributed by atoms with E-state index in [0.717, 1.165) is 15.0 Å². The molecule has 0 aliphatic rings. The van der Waals surface area contributed by atoms with E-state index in [1.54, 1.807) is 23.6 Å². The number of ketones is 1. The van der Waals surface area contributed by atoms with E-state index in [-0.39, 0.29) is 18.1 Å². The van der Waals surface area contributed by atoms with Crippen LogP contribution in [0.25, 0.3) is 10.6 Å². The Morgan fingerprint density at radius 2 is 1.88 bits per heavy atom. The molecular formula is C18H12BrNO3S. The van der Waals surface area contributed by atoms with Crippen LogP contribution >= 0.6 is 27.3 Å². The Morgan fingerprint density at radius 3 is 2.62 bits per heavy atom. The zero-order valence-corrected chi connectivity index (χ0v) is 14.8. The summed E-state index contributed by atoms with van der Waals surface area (Å²) in [6, 6.07) is 16.5. The fraction of sp³-hybridized carbons (Fsp3) is 0.0556. The summed E-state index contributed by atoms with van der Waals surface area (Å²) in [5.74, 6) is -0.861. The molecule has 0 aliphatic heterocycles. The molecule has 0 saturated carbocycles. The molecule has 0 N–H and O–H groups in total. The molecule has 0 radical (unpaired) electrons. The largest absolute Gasteiger partial charge is 0.453 e. The zero-order valence-electron chi connectivity index (χ0n) is 12.4. The summed E-state index contributed by atoms with van der Waals surface area (Å²) >= 11 is 4.66.